The minimum absolute atomic E-state index is 0. The van der Waals surface area contributed by atoms with Crippen molar-refractivity contribution in [3.8, 4) is 0 Å². The van der Waals surface area contributed by atoms with Gasteiger partial charge in [-0.1, -0.05) is 0 Å². The molecule has 188 valence electrons. The van der Waals surface area contributed by atoms with Gasteiger partial charge in [-0.25, -0.2) is 0 Å². The van der Waals surface area contributed by atoms with Crippen molar-refractivity contribution in [2.24, 2.45) is 0 Å². The Morgan fingerprint density at radius 2 is 0.118 bits per heavy atom. The van der Waals surface area contributed by atoms with Crippen molar-refractivity contribution in [3.63, 3.8) is 0 Å². The van der Waals surface area contributed by atoms with Gasteiger partial charge in [-0.2, -0.15) is 0 Å². The number of halogens is 12. The van der Waals surface area contributed by atoms with Gasteiger partial charge in [-0.05, 0) is 0 Å². The van der Waals surface area contributed by atoms with Crippen LogP contribution in [-0.4, -0.2) is 351 Å². The molecule has 0 spiro atoms. The van der Waals surface area contributed by atoms with Crippen molar-refractivity contribution >= 4 is 438 Å². The molecule has 0 aliphatic heterocycles. The van der Waals surface area contributed by atoms with Crippen molar-refractivity contribution in [1.82, 2.24) is 0 Å². The molecule has 0 aromatic rings. The number of hydrogen-bond donors (Lipinski definition) is 12. The molecule has 0 saturated heterocycles. The normalized spacial score (nSPS) is 2.12. The summed E-state index contributed by atoms with van der Waals surface area (Å²) in [7, 11) is 0. The van der Waals surface area contributed by atoms with Gasteiger partial charge >= 0.3 is 296 Å². The predicted molar refractivity (Wildman–Crippen MR) is 168 cm³/mol. The molecule has 0 atom stereocenters. The van der Waals surface area contributed by atoms with Crippen LogP contribution in [-0.2, 0) is 0 Å². The summed E-state index contributed by atoms with van der Waals surface area (Å²) in [4.78, 5) is 0. The van der Waals surface area contributed by atoms with Crippen LogP contribution < -0.4 is 0 Å². The van der Waals surface area contributed by atoms with E-state index < -0.39 is 0 Å². The van der Waals surface area contributed by atoms with Crippen LogP contribution in [0.5, 0.6) is 0 Å². The van der Waals surface area contributed by atoms with Crippen molar-refractivity contribution in [3.05, 3.63) is 0 Å². The molecule has 0 radical (unpaired) electrons. The molecule has 0 amide bonds. The first-order chi connectivity index (χ1) is 12.0. The monoisotopic (exact) mass is 864 g/mol. The van der Waals surface area contributed by atoms with E-state index in [1.165, 1.54) is 0 Å². The second-order valence-electron chi connectivity index (χ2n) is 0. The summed E-state index contributed by atoms with van der Waals surface area (Å²) >= 11 is 43.7. The van der Waals surface area contributed by atoms with Gasteiger partial charge in [0.1, 0.15) is 0 Å². The molecule has 12 N–H and O–H groups in total. The van der Waals surface area contributed by atoms with Crippen LogP contribution >= 0.6 is 142 Å². The van der Waals surface area contributed by atoms with Gasteiger partial charge < -0.3 is 0 Å². The second-order valence-corrected chi connectivity index (χ2v) is 0. The van der Waals surface area contributed by atoms with E-state index in [1.807, 2.05) is 0 Å². The Morgan fingerprint density at radius 1 is 0.118 bits per heavy atom. The van der Waals surface area contributed by atoms with Crippen LogP contribution in [0.15, 0.2) is 0 Å². The van der Waals surface area contributed by atoms with Gasteiger partial charge in [0.2, 0.25) is 0 Å². The number of hydrogen-bond acceptors (Lipinski definition) is 12. The van der Waals surface area contributed by atoms with Crippen LogP contribution in [0.1, 0.15) is 0 Å². The van der Waals surface area contributed by atoms with Crippen molar-refractivity contribution in [2.75, 3.05) is 0 Å². The Hall–Kier alpha value is 13.0. The first-order valence-corrected chi connectivity index (χ1v) is 6.09. The Morgan fingerprint density at radius 3 is 0.118 bits per heavy atom. The molecule has 0 fully saturated rings. The summed E-state index contributed by atoms with van der Waals surface area (Å²) < 4.78 is 77.7. The fourth-order valence-electron chi connectivity index (χ4n) is 0. The van der Waals surface area contributed by atoms with Crippen molar-refractivity contribution in [1.29, 1.82) is 0 Å². The van der Waals surface area contributed by atoms with Crippen LogP contribution in [0.3, 0.4) is 0 Å². The molecule has 0 bridgehead atoms. The molecule has 0 saturated carbocycles. The maximum atomic E-state index is 6.47. The third kappa shape index (κ3) is 516. The SMILES string of the molecule is OCl.OCl.OCl.OCl.OCl.OCl.OCl.OCl.OCl.OCl.OCl.OCl.[NaH].[NaH].[NaH].[NaH].[NaH].[NaH].[NaH].[NaH].[NaH].[NaH]. The molecular weight excluding hydrogens is 847 g/mol. The quantitative estimate of drug-likeness (QED) is 0.103. The third-order valence-corrected chi connectivity index (χ3v) is 0. The van der Waals surface area contributed by atoms with E-state index in [9.17, 15) is 0 Å². The van der Waals surface area contributed by atoms with Gasteiger partial charge in [-0.15, -0.1) is 0 Å². The fraction of sp³-hybridized carbons (Fsp3) is 0. The van der Waals surface area contributed by atoms with E-state index in [1.54, 1.807) is 0 Å². The molecule has 0 aliphatic carbocycles. The van der Waals surface area contributed by atoms with E-state index in [4.69, 9.17) is 55.9 Å². The molecule has 0 heterocycles. The van der Waals surface area contributed by atoms with Gasteiger partial charge in [-0.3, -0.25) is 55.9 Å². The standard InChI is InChI=1S/12ClHO.10Na.10H/c12*1-2;;;;;;;;;;;;;;;;;;;;/h12*2H;;;;;;;;;;;;;;;;;;;;. The van der Waals surface area contributed by atoms with Crippen LogP contribution in [0.2, 0.25) is 0 Å². The molecule has 0 unspecified atom stereocenters. The molecule has 34 heteroatoms. The molecule has 0 rings (SSSR count). The first-order valence-electron chi connectivity index (χ1n) is 2.03. The van der Waals surface area contributed by atoms with Crippen LogP contribution in [0.4, 0.5) is 0 Å². The Kier molecular flexibility index (Phi) is 2580. The first kappa shape index (κ1) is 159. The maximum absolute atomic E-state index is 6.47. The van der Waals surface area contributed by atoms with E-state index >= 15 is 0 Å². The van der Waals surface area contributed by atoms with E-state index in [0.717, 1.165) is 0 Å². The molecule has 12 nitrogen and oxygen atoms in total. The molecule has 0 aliphatic rings. The van der Waals surface area contributed by atoms with Gasteiger partial charge in [0, 0.05) is 0 Å². The molecular formula is H22Cl12Na10O12. The topological polar surface area (TPSA) is 243 Å². The zero-order valence-corrected chi connectivity index (χ0v) is 19.0. The predicted octanol–water partition coefficient (Wildman–Crippen LogP) is -4.89. The Labute approximate surface area is 481 Å². The van der Waals surface area contributed by atoms with Gasteiger partial charge in [0.15, 0.2) is 0 Å². The average Bonchev–Trinajstić information content (AvgIpc) is 2.84. The zero-order chi connectivity index (χ0) is 24.0. The average molecular weight is 870 g/mol. The summed E-state index contributed by atoms with van der Waals surface area (Å²) in [5.41, 5.74) is 0. The second kappa shape index (κ2) is 551. The van der Waals surface area contributed by atoms with Crippen molar-refractivity contribution < 1.29 is 55.9 Å². The van der Waals surface area contributed by atoms with E-state index in [0.29, 0.717) is 0 Å². The Bertz CT molecular complexity index is 53.7. The summed E-state index contributed by atoms with van der Waals surface area (Å²) in [5.74, 6) is 0. The van der Waals surface area contributed by atoms with Crippen LogP contribution in [0.25, 0.3) is 0 Å². The Balaban J connectivity index is -0.00000000225. The molecule has 34 heavy (non-hydrogen) atoms. The summed E-state index contributed by atoms with van der Waals surface area (Å²) in [6.07, 6.45) is 0. The third-order valence-electron chi connectivity index (χ3n) is 0. The van der Waals surface area contributed by atoms with Gasteiger partial charge in [0.05, 0.1) is 142 Å². The van der Waals surface area contributed by atoms with Crippen molar-refractivity contribution in [2.45, 2.75) is 0 Å². The van der Waals surface area contributed by atoms with Gasteiger partial charge in [0.25, 0.3) is 0 Å². The molecule has 0 aromatic carbocycles. The van der Waals surface area contributed by atoms with E-state index in [2.05, 4.69) is 142 Å². The minimum atomic E-state index is 0. The van der Waals surface area contributed by atoms with E-state index in [-0.39, 0.29) is 296 Å². The molecule has 0 aromatic heterocycles. The summed E-state index contributed by atoms with van der Waals surface area (Å²) in [6.45, 7) is 0. The fourth-order valence-corrected chi connectivity index (χ4v) is 0. The zero-order valence-electron chi connectivity index (χ0n) is 9.90. The summed E-state index contributed by atoms with van der Waals surface area (Å²) in [6, 6.07) is 0. The van der Waals surface area contributed by atoms with Crippen LogP contribution in [0, 0.1) is 0 Å². The number of rotatable bonds is 0. The summed E-state index contributed by atoms with van der Waals surface area (Å²) in [5, 5.41) is 0.